The van der Waals surface area contributed by atoms with Gasteiger partial charge >= 0.3 is 11.9 Å². The third-order valence-corrected chi connectivity index (χ3v) is 0.861. The van der Waals surface area contributed by atoms with Crippen LogP contribution in [0.15, 0.2) is 0 Å². The van der Waals surface area contributed by atoms with E-state index in [9.17, 15) is 9.59 Å². The van der Waals surface area contributed by atoms with E-state index in [0.717, 1.165) is 0 Å². The zero-order chi connectivity index (χ0) is 10.7. The molecule has 0 aromatic carbocycles. The third kappa shape index (κ3) is 18.1. The van der Waals surface area contributed by atoms with Crippen molar-refractivity contribution in [3.63, 3.8) is 0 Å². The predicted molar refractivity (Wildman–Crippen MR) is 45.9 cm³/mol. The highest BCUT2D eigenvalue weighted by atomic mass is 17.2. The Hall–Kier alpha value is -1.10. The van der Waals surface area contributed by atoms with Gasteiger partial charge in [-0.15, -0.1) is 0 Å². The Morgan fingerprint density at radius 1 is 1.15 bits per heavy atom. The third-order valence-electron chi connectivity index (χ3n) is 0.861. The highest BCUT2D eigenvalue weighted by Gasteiger charge is 1.95. The molecule has 0 radical (unpaired) electrons. The zero-order valence-corrected chi connectivity index (χ0v) is 8.20. The van der Waals surface area contributed by atoms with E-state index >= 15 is 0 Å². The fourth-order valence-corrected chi connectivity index (χ4v) is 0.184. The van der Waals surface area contributed by atoms with Gasteiger partial charge in [-0.1, -0.05) is 13.8 Å². The quantitative estimate of drug-likeness (QED) is 0.538. The number of hydrogen-bond acceptors (Lipinski definition) is 4. The fourth-order valence-electron chi connectivity index (χ4n) is 0.184. The molecule has 0 aromatic rings. The first-order valence-electron chi connectivity index (χ1n) is 4.12. The Kier molecular flexibility index (Phi) is 12.1. The Morgan fingerprint density at radius 3 is 1.85 bits per heavy atom. The van der Waals surface area contributed by atoms with Gasteiger partial charge in [-0.3, -0.25) is 9.68 Å². The number of carbonyl (C=O) groups excluding carboxylic acids is 1. The molecule has 5 heteroatoms. The molecular weight excluding hydrogens is 176 g/mol. The molecule has 1 N–H and O–H groups in total. The van der Waals surface area contributed by atoms with E-state index in [-0.39, 0.29) is 12.4 Å². The van der Waals surface area contributed by atoms with Gasteiger partial charge in [-0.25, -0.2) is 4.79 Å². The van der Waals surface area contributed by atoms with Crippen LogP contribution in [0.25, 0.3) is 0 Å². The van der Waals surface area contributed by atoms with Gasteiger partial charge in [-0.2, -0.15) is 4.89 Å². The van der Waals surface area contributed by atoms with E-state index in [1.165, 1.54) is 0 Å². The molecule has 0 bridgehead atoms. The number of aliphatic carboxylic acids is 1. The Balaban J connectivity index is 0. The minimum atomic E-state index is -0.745. The topological polar surface area (TPSA) is 72.8 Å². The van der Waals surface area contributed by atoms with Crippen LogP contribution in [0.2, 0.25) is 0 Å². The zero-order valence-electron chi connectivity index (χ0n) is 8.20. The van der Waals surface area contributed by atoms with Gasteiger partial charge in [0.15, 0.2) is 0 Å². The fraction of sp³-hybridized carbons (Fsp3) is 0.750. The standard InChI is InChI=1S/C5H10O3.C3H6O2/c1-3-5(6)8-7-4-2;1-2-3(4)5/h3-4H2,1-2H3;2H2,1H3,(H,4,5). The summed E-state index contributed by atoms with van der Waals surface area (Å²) < 4.78 is 0. The molecule has 0 fully saturated rings. The van der Waals surface area contributed by atoms with Gasteiger partial charge in [-0.05, 0) is 6.92 Å². The first-order chi connectivity index (χ1) is 6.08. The van der Waals surface area contributed by atoms with Crippen molar-refractivity contribution in [3.05, 3.63) is 0 Å². The lowest BCUT2D eigenvalue weighted by Gasteiger charge is -1.95. The molecule has 0 spiro atoms. The molecule has 0 aromatic heterocycles. The second-order valence-corrected chi connectivity index (χ2v) is 1.96. The molecule has 0 heterocycles. The first kappa shape index (κ1) is 14.4. The van der Waals surface area contributed by atoms with Crippen LogP contribution in [-0.4, -0.2) is 23.7 Å². The van der Waals surface area contributed by atoms with Gasteiger partial charge in [0.1, 0.15) is 0 Å². The maximum atomic E-state index is 10.2. The number of carbonyl (C=O) groups is 2. The molecule has 0 unspecified atom stereocenters. The van der Waals surface area contributed by atoms with Crippen LogP contribution in [0, 0.1) is 0 Å². The molecule has 0 aliphatic rings. The van der Waals surface area contributed by atoms with Crippen molar-refractivity contribution in [2.45, 2.75) is 33.6 Å². The van der Waals surface area contributed by atoms with Crippen LogP contribution in [0.4, 0.5) is 0 Å². The van der Waals surface area contributed by atoms with E-state index in [4.69, 9.17) is 5.11 Å². The van der Waals surface area contributed by atoms with Crippen molar-refractivity contribution >= 4 is 11.9 Å². The molecule has 0 aliphatic heterocycles. The van der Waals surface area contributed by atoms with E-state index in [1.807, 2.05) is 0 Å². The van der Waals surface area contributed by atoms with Gasteiger partial charge in [0, 0.05) is 12.8 Å². The summed E-state index contributed by atoms with van der Waals surface area (Å²) in [6.07, 6.45) is 0.583. The molecule has 0 amide bonds. The van der Waals surface area contributed by atoms with Crippen molar-refractivity contribution in [1.29, 1.82) is 0 Å². The van der Waals surface area contributed by atoms with Crippen LogP contribution in [0.1, 0.15) is 33.6 Å². The van der Waals surface area contributed by atoms with Crippen LogP contribution in [-0.2, 0) is 19.4 Å². The van der Waals surface area contributed by atoms with E-state index < -0.39 is 5.97 Å². The van der Waals surface area contributed by atoms with Crippen LogP contribution >= 0.6 is 0 Å². The summed E-state index contributed by atoms with van der Waals surface area (Å²) in [6.45, 7) is 5.47. The van der Waals surface area contributed by atoms with Gasteiger partial charge in [0.05, 0.1) is 6.61 Å². The van der Waals surface area contributed by atoms with E-state index in [0.29, 0.717) is 13.0 Å². The molecule has 0 atom stereocenters. The number of carboxylic acids is 1. The highest BCUT2D eigenvalue weighted by Crippen LogP contribution is 1.83. The molecule has 13 heavy (non-hydrogen) atoms. The van der Waals surface area contributed by atoms with Crippen molar-refractivity contribution in [1.82, 2.24) is 0 Å². The first-order valence-corrected chi connectivity index (χ1v) is 4.12. The van der Waals surface area contributed by atoms with Crippen molar-refractivity contribution in [2.24, 2.45) is 0 Å². The van der Waals surface area contributed by atoms with E-state index in [2.05, 4.69) is 9.78 Å². The van der Waals surface area contributed by atoms with Crippen LogP contribution in [0.3, 0.4) is 0 Å². The summed E-state index contributed by atoms with van der Waals surface area (Å²) in [4.78, 5) is 28.1. The summed E-state index contributed by atoms with van der Waals surface area (Å²) in [6, 6.07) is 0. The molecular formula is C8H16O5. The predicted octanol–water partition coefficient (Wildman–Crippen LogP) is 1.37. The Labute approximate surface area is 77.6 Å². The summed E-state index contributed by atoms with van der Waals surface area (Å²) in [5.74, 6) is -1.07. The second-order valence-electron chi connectivity index (χ2n) is 1.96. The SMILES string of the molecule is CCC(=O)O.CCOOC(=O)CC. The van der Waals surface area contributed by atoms with Gasteiger partial charge in [0.2, 0.25) is 0 Å². The lowest BCUT2D eigenvalue weighted by Crippen LogP contribution is -2.02. The average Bonchev–Trinajstić information content (AvgIpc) is 2.15. The summed E-state index contributed by atoms with van der Waals surface area (Å²) >= 11 is 0. The maximum absolute atomic E-state index is 10.2. The Bertz CT molecular complexity index is 143. The van der Waals surface area contributed by atoms with Crippen molar-refractivity contribution in [2.75, 3.05) is 6.61 Å². The molecule has 5 nitrogen and oxygen atoms in total. The summed E-state index contributed by atoms with van der Waals surface area (Å²) in [5.41, 5.74) is 0. The molecule has 0 rings (SSSR count). The van der Waals surface area contributed by atoms with Crippen molar-refractivity contribution in [3.8, 4) is 0 Å². The number of hydrogen-bond donors (Lipinski definition) is 1. The van der Waals surface area contributed by atoms with Crippen LogP contribution in [0.5, 0.6) is 0 Å². The minimum absolute atomic E-state index is 0.222. The van der Waals surface area contributed by atoms with Crippen LogP contribution < -0.4 is 0 Å². The lowest BCUT2D eigenvalue weighted by atomic mass is 10.5. The molecule has 0 aliphatic carbocycles. The largest absolute Gasteiger partial charge is 0.481 e. The summed E-state index contributed by atoms with van der Waals surface area (Å²) in [7, 11) is 0. The van der Waals surface area contributed by atoms with Gasteiger partial charge < -0.3 is 5.11 Å². The second kappa shape index (κ2) is 10.9. The highest BCUT2D eigenvalue weighted by molar-refractivity contribution is 5.68. The molecule has 0 saturated heterocycles. The normalized spacial score (nSPS) is 8.23. The lowest BCUT2D eigenvalue weighted by molar-refractivity contribution is -0.269. The Morgan fingerprint density at radius 2 is 1.62 bits per heavy atom. The monoisotopic (exact) mass is 192 g/mol. The van der Waals surface area contributed by atoms with Gasteiger partial charge in [0.25, 0.3) is 0 Å². The number of rotatable bonds is 4. The van der Waals surface area contributed by atoms with E-state index in [1.54, 1.807) is 20.8 Å². The van der Waals surface area contributed by atoms with Crippen molar-refractivity contribution < 1.29 is 24.5 Å². The average molecular weight is 192 g/mol. The minimum Gasteiger partial charge on any atom is -0.481 e. The maximum Gasteiger partial charge on any atom is 0.342 e. The number of carboxylic acid groups (broad SMARTS) is 1. The molecule has 78 valence electrons. The molecule has 0 saturated carbocycles. The smallest absolute Gasteiger partial charge is 0.342 e. The summed E-state index contributed by atoms with van der Waals surface area (Å²) in [5, 5.41) is 7.72.